The zero-order chi connectivity index (χ0) is 23.5. The predicted octanol–water partition coefficient (Wildman–Crippen LogP) is 4.34. The molecule has 1 aliphatic rings. The van der Waals surface area contributed by atoms with Crippen LogP contribution in [0.5, 0.6) is 0 Å². The Morgan fingerprint density at radius 1 is 1.03 bits per heavy atom. The van der Waals surface area contributed by atoms with Gasteiger partial charge in [0.05, 0.1) is 11.0 Å². The summed E-state index contributed by atoms with van der Waals surface area (Å²) in [4.78, 5) is 45.4. The van der Waals surface area contributed by atoms with Crippen LogP contribution in [0.2, 0.25) is 0 Å². The maximum Gasteiger partial charge on any atom is 0.294 e. The van der Waals surface area contributed by atoms with Crippen LogP contribution < -0.4 is 15.8 Å². The average Bonchev–Trinajstić information content (AvgIpc) is 2.79. The number of rotatable bonds is 5. The summed E-state index contributed by atoms with van der Waals surface area (Å²) in [5.41, 5.74) is 3.38. The lowest BCUT2D eigenvalue weighted by Gasteiger charge is -2.32. The Bertz CT molecular complexity index is 1240. The summed E-state index contributed by atoms with van der Waals surface area (Å²) in [5.74, 6) is -0.398. The van der Waals surface area contributed by atoms with Crippen LogP contribution in [0.1, 0.15) is 50.2 Å². The normalized spacial score (nSPS) is 14.3. The highest BCUT2D eigenvalue weighted by Crippen LogP contribution is 2.26. The van der Waals surface area contributed by atoms with Crippen LogP contribution in [0.15, 0.2) is 47.3 Å². The van der Waals surface area contributed by atoms with Gasteiger partial charge in [0.2, 0.25) is 17.6 Å². The summed E-state index contributed by atoms with van der Waals surface area (Å²) < 4.78 is 1.43. The molecular formula is C26H30N4O3. The zero-order valence-electron chi connectivity index (χ0n) is 19.4. The van der Waals surface area contributed by atoms with Crippen LogP contribution in [0.4, 0.5) is 11.5 Å². The van der Waals surface area contributed by atoms with E-state index in [0.717, 1.165) is 48.9 Å². The van der Waals surface area contributed by atoms with Crippen molar-refractivity contribution < 1.29 is 9.59 Å². The van der Waals surface area contributed by atoms with E-state index in [9.17, 15) is 14.4 Å². The number of para-hydroxylation sites is 3. The van der Waals surface area contributed by atoms with Gasteiger partial charge < -0.3 is 5.32 Å². The number of carbonyl (C=O) groups excluding carboxylic acids is 2. The second-order valence-corrected chi connectivity index (χ2v) is 8.81. The third-order valence-electron chi connectivity index (χ3n) is 6.39. The lowest BCUT2D eigenvalue weighted by atomic mass is 9.94. The number of benzene rings is 2. The van der Waals surface area contributed by atoms with Crippen molar-refractivity contribution in [2.45, 2.75) is 65.5 Å². The van der Waals surface area contributed by atoms with Crippen molar-refractivity contribution in [1.29, 1.82) is 0 Å². The number of amides is 2. The quantitative estimate of drug-likeness (QED) is 0.632. The van der Waals surface area contributed by atoms with Crippen LogP contribution >= 0.6 is 0 Å². The summed E-state index contributed by atoms with van der Waals surface area (Å²) in [7, 11) is 0. The van der Waals surface area contributed by atoms with Crippen molar-refractivity contribution in [2.24, 2.45) is 0 Å². The summed E-state index contributed by atoms with van der Waals surface area (Å²) >= 11 is 0. The highest BCUT2D eigenvalue weighted by Gasteiger charge is 2.29. The largest absolute Gasteiger partial charge is 0.324 e. The third kappa shape index (κ3) is 4.67. The molecule has 1 aliphatic carbocycles. The highest BCUT2D eigenvalue weighted by molar-refractivity contribution is 5.94. The van der Waals surface area contributed by atoms with Crippen LogP contribution in [-0.2, 0) is 16.1 Å². The fraction of sp³-hybridized carbons (Fsp3) is 0.385. The lowest BCUT2D eigenvalue weighted by molar-refractivity contribution is -0.117. The van der Waals surface area contributed by atoms with Gasteiger partial charge in [0.1, 0.15) is 6.54 Å². The monoisotopic (exact) mass is 446 g/mol. The van der Waals surface area contributed by atoms with Gasteiger partial charge in [-0.05, 0) is 49.9 Å². The van der Waals surface area contributed by atoms with E-state index in [-0.39, 0.29) is 30.2 Å². The molecule has 0 unspecified atom stereocenters. The number of anilines is 2. The van der Waals surface area contributed by atoms with E-state index in [1.54, 1.807) is 17.0 Å². The average molecular weight is 447 g/mol. The van der Waals surface area contributed by atoms with Gasteiger partial charge in [0, 0.05) is 18.7 Å². The van der Waals surface area contributed by atoms with Crippen molar-refractivity contribution in [2.75, 3.05) is 10.2 Å². The van der Waals surface area contributed by atoms with E-state index in [4.69, 9.17) is 0 Å². The first-order valence-corrected chi connectivity index (χ1v) is 11.5. The summed E-state index contributed by atoms with van der Waals surface area (Å²) in [6, 6.07) is 13.0. The Balaban J connectivity index is 1.76. The van der Waals surface area contributed by atoms with Crippen LogP contribution in [0.25, 0.3) is 11.0 Å². The molecule has 7 heteroatoms. The number of nitrogens with one attached hydrogen (secondary N) is 1. The maximum absolute atomic E-state index is 13.6. The Kier molecular flexibility index (Phi) is 6.58. The zero-order valence-corrected chi connectivity index (χ0v) is 19.4. The number of carbonyl (C=O) groups is 2. The molecule has 172 valence electrons. The van der Waals surface area contributed by atoms with Crippen LogP contribution in [-0.4, -0.2) is 27.4 Å². The smallest absolute Gasteiger partial charge is 0.294 e. The van der Waals surface area contributed by atoms with E-state index in [1.165, 1.54) is 11.5 Å². The van der Waals surface area contributed by atoms with Crippen molar-refractivity contribution in [3.05, 3.63) is 63.9 Å². The minimum absolute atomic E-state index is 0.0468. The molecular weight excluding hydrogens is 416 g/mol. The SMILES string of the molecule is CC(=O)N(c1nc2ccccc2n(CC(=O)Nc2c(C)cccc2C)c1=O)C1CCCCC1. The van der Waals surface area contributed by atoms with Crippen molar-refractivity contribution in [3.8, 4) is 0 Å². The summed E-state index contributed by atoms with van der Waals surface area (Å²) in [6.45, 7) is 5.18. The maximum atomic E-state index is 13.6. The molecule has 0 atom stereocenters. The van der Waals surface area contributed by atoms with E-state index in [1.807, 2.05) is 44.2 Å². The number of hydrogen-bond donors (Lipinski definition) is 1. The lowest BCUT2D eigenvalue weighted by Crippen LogP contribution is -2.45. The Labute approximate surface area is 193 Å². The first-order chi connectivity index (χ1) is 15.9. The van der Waals surface area contributed by atoms with Crippen molar-refractivity contribution >= 4 is 34.4 Å². The number of fused-ring (bicyclic) bond motifs is 1. The van der Waals surface area contributed by atoms with Gasteiger partial charge in [-0.2, -0.15) is 0 Å². The fourth-order valence-electron chi connectivity index (χ4n) is 4.75. The molecule has 0 aliphatic heterocycles. The minimum Gasteiger partial charge on any atom is -0.324 e. The minimum atomic E-state index is -0.425. The van der Waals surface area contributed by atoms with E-state index < -0.39 is 5.56 Å². The molecule has 7 nitrogen and oxygen atoms in total. The van der Waals surface area contributed by atoms with E-state index in [0.29, 0.717) is 11.0 Å². The van der Waals surface area contributed by atoms with Gasteiger partial charge in [-0.25, -0.2) is 4.98 Å². The Hall–Kier alpha value is -3.48. The van der Waals surface area contributed by atoms with Crippen LogP contribution in [0, 0.1) is 13.8 Å². The summed E-state index contributed by atoms with van der Waals surface area (Å²) in [5, 5.41) is 2.95. The molecule has 2 aromatic carbocycles. The number of aryl methyl sites for hydroxylation is 2. The predicted molar refractivity (Wildman–Crippen MR) is 131 cm³/mol. The molecule has 33 heavy (non-hydrogen) atoms. The molecule has 1 heterocycles. The highest BCUT2D eigenvalue weighted by atomic mass is 16.2. The molecule has 1 N–H and O–H groups in total. The first-order valence-electron chi connectivity index (χ1n) is 11.5. The molecule has 1 fully saturated rings. The molecule has 4 rings (SSSR count). The standard InChI is InChI=1S/C26H30N4O3/c1-17-10-9-11-18(2)24(17)28-23(32)16-29-22-15-8-7-14-21(22)27-25(26(29)33)30(19(3)31)20-12-5-4-6-13-20/h7-11,14-15,20H,4-6,12-13,16H2,1-3H3,(H,28,32). The molecule has 1 saturated carbocycles. The Morgan fingerprint density at radius 2 is 1.70 bits per heavy atom. The first kappa shape index (κ1) is 22.7. The van der Waals surface area contributed by atoms with Gasteiger partial charge in [0.25, 0.3) is 5.56 Å². The number of nitrogens with zero attached hydrogens (tertiary/aromatic N) is 3. The van der Waals surface area contributed by atoms with Crippen molar-refractivity contribution in [3.63, 3.8) is 0 Å². The van der Waals surface area contributed by atoms with Gasteiger partial charge >= 0.3 is 0 Å². The molecule has 2 amide bonds. The van der Waals surface area contributed by atoms with E-state index >= 15 is 0 Å². The van der Waals surface area contributed by atoms with Gasteiger partial charge in [-0.3, -0.25) is 23.9 Å². The molecule has 0 saturated heterocycles. The molecule has 0 spiro atoms. The summed E-state index contributed by atoms with van der Waals surface area (Å²) in [6.07, 6.45) is 4.88. The topological polar surface area (TPSA) is 84.3 Å². The molecule has 1 aromatic heterocycles. The number of hydrogen-bond acceptors (Lipinski definition) is 4. The van der Waals surface area contributed by atoms with Gasteiger partial charge in [0.15, 0.2) is 0 Å². The second kappa shape index (κ2) is 9.57. The third-order valence-corrected chi connectivity index (χ3v) is 6.39. The van der Waals surface area contributed by atoms with Crippen molar-refractivity contribution in [1.82, 2.24) is 9.55 Å². The molecule has 3 aromatic rings. The fourth-order valence-corrected chi connectivity index (χ4v) is 4.75. The van der Waals surface area contributed by atoms with Crippen LogP contribution in [0.3, 0.4) is 0 Å². The van der Waals surface area contributed by atoms with E-state index in [2.05, 4.69) is 10.3 Å². The second-order valence-electron chi connectivity index (χ2n) is 8.81. The molecule has 0 radical (unpaired) electrons. The number of aromatic nitrogens is 2. The Morgan fingerprint density at radius 3 is 2.36 bits per heavy atom. The van der Waals surface area contributed by atoms with Gasteiger partial charge in [-0.15, -0.1) is 0 Å². The molecule has 0 bridgehead atoms. The van der Waals surface area contributed by atoms with Gasteiger partial charge in [-0.1, -0.05) is 49.6 Å².